The molecule has 10 heteroatoms. The second kappa shape index (κ2) is 40.9. The van der Waals surface area contributed by atoms with E-state index in [9.17, 15) is 5.26 Å². The number of aryl methyl sites for hydroxylation is 8. The van der Waals surface area contributed by atoms with Gasteiger partial charge in [0.25, 0.3) is 0 Å². The Bertz CT molecular complexity index is 9200. The molecule has 9 nitrogen and oxygen atoms in total. The van der Waals surface area contributed by atoms with Gasteiger partial charge in [0.2, 0.25) is 0 Å². The van der Waals surface area contributed by atoms with Crippen LogP contribution in [-0.2, 0) is 10.8 Å². The van der Waals surface area contributed by atoms with Crippen LogP contribution in [0.15, 0.2) is 452 Å². The summed E-state index contributed by atoms with van der Waals surface area (Å²) in [5.74, 6) is 0. The predicted molar refractivity (Wildman–Crippen MR) is 607 cm³/mol. The number of rotatable bonds is 5. The van der Waals surface area contributed by atoms with Gasteiger partial charge in [-0.1, -0.05) is 357 Å². The van der Waals surface area contributed by atoms with Crippen LogP contribution in [0.25, 0.3) is 167 Å². The van der Waals surface area contributed by atoms with Gasteiger partial charge < -0.3 is 18.0 Å². The van der Waals surface area contributed by atoms with E-state index in [0.717, 1.165) is 55.8 Å². The highest BCUT2D eigenvalue weighted by Gasteiger charge is 2.46. The monoisotopic (exact) mass is 1890 g/mol. The van der Waals surface area contributed by atoms with Gasteiger partial charge in [-0.15, -0.1) is 11.3 Å². The quantitative estimate of drug-likeness (QED) is 0.161. The van der Waals surface area contributed by atoms with Crippen molar-refractivity contribution in [3.63, 3.8) is 0 Å². The van der Waals surface area contributed by atoms with E-state index < -0.39 is 5.41 Å². The number of pyridine rings is 1. The van der Waals surface area contributed by atoms with Crippen molar-refractivity contribution >= 4 is 136 Å². The summed E-state index contributed by atoms with van der Waals surface area (Å²) in [6.07, 6.45) is 3.63. The summed E-state index contributed by atoms with van der Waals surface area (Å²) < 4.78 is 18.8. The second-order valence-electron chi connectivity index (χ2n) is 37.8. The van der Waals surface area contributed by atoms with E-state index in [2.05, 4.69) is 401 Å². The van der Waals surface area contributed by atoms with Crippen molar-refractivity contribution in [3.05, 3.63) is 561 Å². The van der Waals surface area contributed by atoms with Gasteiger partial charge in [0, 0.05) is 98.0 Å². The van der Waals surface area contributed by atoms with Gasteiger partial charge in [0.15, 0.2) is 17.1 Å². The van der Waals surface area contributed by atoms with Gasteiger partial charge in [-0.05, 0) is 254 Å². The highest BCUT2D eigenvalue weighted by atomic mass is 32.1. The number of furan rings is 2. The first-order valence-electron chi connectivity index (χ1n) is 48.7. The lowest BCUT2D eigenvalue weighted by Gasteiger charge is -2.34. The zero-order valence-electron chi connectivity index (χ0n) is 82.5. The molecule has 2 aliphatic carbocycles. The zero-order chi connectivity index (χ0) is 100.0. The van der Waals surface area contributed by atoms with Gasteiger partial charge in [0.1, 0.15) is 22.3 Å². The highest BCUT2D eigenvalue weighted by Crippen LogP contribution is 2.58. The lowest BCUT2D eigenvalue weighted by atomic mass is 9.67. The molecule has 0 amide bonds. The first-order valence-corrected chi connectivity index (χ1v) is 49.5. The molecule has 27 rings (SSSR count). The molecule has 25 aromatic rings. The second-order valence-corrected chi connectivity index (χ2v) is 38.9. The Morgan fingerprint density at radius 1 is 0.290 bits per heavy atom. The van der Waals surface area contributed by atoms with Crippen LogP contribution in [0.4, 0.5) is 17.1 Å². The number of benzene rings is 19. The molecule has 0 saturated carbocycles. The summed E-state index contributed by atoms with van der Waals surface area (Å²) >= 11 is 1.88. The van der Waals surface area contributed by atoms with Crippen LogP contribution in [-0.4, -0.2) is 14.1 Å². The summed E-state index contributed by atoms with van der Waals surface area (Å²) in [6, 6.07) is 151. The lowest BCUT2D eigenvalue weighted by Crippen LogP contribution is -2.28. The summed E-state index contributed by atoms with van der Waals surface area (Å²) in [5.41, 5.74) is 38.3. The average molecular weight is 1890 g/mol. The maximum atomic E-state index is 9.19. The number of nitrogens with zero attached hydrogens (tertiary/aromatic N) is 7. The minimum absolute atomic E-state index is 0.00259. The van der Waals surface area contributed by atoms with E-state index in [4.69, 9.17) is 28.6 Å². The number of aromatic nitrogens is 3. The average Bonchev–Trinajstić information content (AvgIpc) is 1.54. The van der Waals surface area contributed by atoms with Crippen LogP contribution in [0.3, 0.4) is 0 Å². The highest BCUT2D eigenvalue weighted by molar-refractivity contribution is 7.25. The normalized spacial score (nSPS) is 11.9. The van der Waals surface area contributed by atoms with E-state index in [1.54, 1.807) is 0 Å². The predicted octanol–water partition coefficient (Wildman–Crippen LogP) is 37.6. The number of nitriles is 1. The van der Waals surface area contributed by atoms with Crippen LogP contribution in [0.1, 0.15) is 97.3 Å². The Balaban J connectivity index is 0.000000102. The molecule has 696 valence electrons. The third-order valence-corrected chi connectivity index (χ3v) is 28.7. The number of hydrogen-bond acceptors (Lipinski definition) is 5. The summed E-state index contributed by atoms with van der Waals surface area (Å²) in [7, 11) is 0. The molecular formula is C135H103N7O2S. The first kappa shape index (κ1) is 94.3. The SMILES string of the molecule is Cc1ccc(-c2ccncc2)cc1.Cc1ccc2c(c1)c1cc(C#N)ccc1n2-c1ccccc1.Cc1ccc2c(c1)oc1ccccc12.Cc1ccc2c(c1)sc1ccccc12.Cc1cccc2c1oc1ccccc12.[C-]#[N+]c1ccc2c(c1)C(C)(C)c1cc(C)ccc1-2.[C-]#[N+]c1ccc2c(c1)C(c1ccccc1)(c1ccccc1)c1cc(C)ccc1-2.[C-]#[N+]c1ccc2c3cc(C)ccc3n(-c3ccccc3)c2c1. The van der Waals surface area contributed by atoms with Gasteiger partial charge >= 0.3 is 0 Å². The van der Waals surface area contributed by atoms with E-state index in [-0.39, 0.29) is 5.41 Å². The Labute approximate surface area is 849 Å². The third kappa shape index (κ3) is 18.7. The van der Waals surface area contributed by atoms with Crippen LogP contribution in [0.2, 0.25) is 0 Å². The van der Waals surface area contributed by atoms with E-state index in [0.29, 0.717) is 16.9 Å². The minimum Gasteiger partial charge on any atom is -0.456 e. The zero-order valence-corrected chi connectivity index (χ0v) is 83.3. The summed E-state index contributed by atoms with van der Waals surface area (Å²) in [6.45, 7) is 43.4. The van der Waals surface area contributed by atoms with E-state index >= 15 is 0 Å². The van der Waals surface area contributed by atoms with E-state index in [1.165, 1.54) is 180 Å². The Morgan fingerprint density at radius 2 is 0.683 bits per heavy atom. The molecule has 6 aromatic heterocycles. The minimum atomic E-state index is -0.417. The molecule has 0 unspecified atom stereocenters. The number of hydrogen-bond donors (Lipinski definition) is 0. The molecule has 0 N–H and O–H groups in total. The largest absolute Gasteiger partial charge is 0.456 e. The fraction of sp³-hybridized carbons (Fsp3) is 0.0889. The maximum Gasteiger partial charge on any atom is 0.189 e. The molecule has 0 saturated heterocycles. The van der Waals surface area contributed by atoms with Crippen molar-refractivity contribution < 1.29 is 8.83 Å². The molecule has 0 aliphatic heterocycles. The molecule has 6 heterocycles. The molecule has 0 fully saturated rings. The Hall–Kier alpha value is -18.3. The summed E-state index contributed by atoms with van der Waals surface area (Å²) in [4.78, 5) is 14.8. The molecule has 0 spiro atoms. The van der Waals surface area contributed by atoms with Gasteiger partial charge in [-0.2, -0.15) is 5.26 Å². The third-order valence-electron chi connectivity index (χ3n) is 27.6. The van der Waals surface area contributed by atoms with Crippen molar-refractivity contribution in [3.8, 4) is 50.8 Å². The molecular weight excluding hydrogens is 1780 g/mol. The Kier molecular flexibility index (Phi) is 26.6. The van der Waals surface area contributed by atoms with Crippen LogP contribution >= 0.6 is 11.3 Å². The van der Waals surface area contributed by atoms with E-state index in [1.807, 2.05) is 157 Å². The van der Waals surface area contributed by atoms with Crippen molar-refractivity contribution in [1.82, 2.24) is 14.1 Å². The van der Waals surface area contributed by atoms with Gasteiger partial charge in [-0.3, -0.25) is 4.98 Å². The summed E-state index contributed by atoms with van der Waals surface area (Å²) in [5, 5.41) is 21.5. The molecule has 2 aliphatic rings. The van der Waals surface area contributed by atoms with Gasteiger partial charge in [-0.25, -0.2) is 14.5 Å². The van der Waals surface area contributed by atoms with Crippen molar-refractivity contribution in [2.45, 2.75) is 80.1 Å². The Morgan fingerprint density at radius 3 is 1.28 bits per heavy atom. The number of thiophene rings is 1. The fourth-order valence-electron chi connectivity index (χ4n) is 20.5. The first-order chi connectivity index (χ1) is 70.7. The molecule has 19 aromatic carbocycles. The van der Waals surface area contributed by atoms with Crippen molar-refractivity contribution in [1.29, 1.82) is 5.26 Å². The van der Waals surface area contributed by atoms with Crippen molar-refractivity contribution in [2.75, 3.05) is 0 Å². The van der Waals surface area contributed by atoms with Crippen LogP contribution in [0, 0.1) is 86.4 Å². The number of para-hydroxylation sites is 5. The lowest BCUT2D eigenvalue weighted by molar-refractivity contribution is 0.660. The smallest absolute Gasteiger partial charge is 0.189 e. The van der Waals surface area contributed by atoms with Gasteiger partial charge in [0.05, 0.1) is 53.3 Å². The maximum absolute atomic E-state index is 9.19. The fourth-order valence-corrected chi connectivity index (χ4v) is 21.7. The van der Waals surface area contributed by atoms with Crippen LogP contribution in [0.5, 0.6) is 0 Å². The standard InChI is InChI=1S/C27H19N.2C20H14N2.C17H15N.2C13H10O.C13H10S.C12H11N/c1-19-13-15-23-24-16-14-22(28-2)18-26(24)27(25(23)17-19,20-9-5-3-6-10-20)21-11-7-4-8-12-21;1-14-8-11-19-18(12-14)17-10-9-15(21-2)13-20(17)22(19)16-6-4-3-5-7-16;1-14-7-9-19-17(11-14)18-12-15(13-21)8-10-20(18)22(19)16-5-3-2-4-6-16;1-11-5-7-13-14-8-6-12(18-4)10-16(14)17(2,3)15(13)9-11;1-9-5-4-7-11-10-6-2-3-8-12(10)14-13(9)11;2*1-9-6-7-11-10-4-2-3-5-12(10)14-13(11)8-9;1-10-2-4-11(5-3-10)12-6-8-13-9-7-12/h3-18H,1H3;3-13H,1H3;2-12H,1H3;5-10H,1-3H3;3*2-8H,1H3;2-9H,1H3. The molecule has 145 heavy (non-hydrogen) atoms. The molecule has 0 bridgehead atoms. The molecule has 0 radical (unpaired) electrons. The molecule has 0 atom stereocenters. The van der Waals surface area contributed by atoms with Crippen molar-refractivity contribution in [2.24, 2.45) is 0 Å². The van der Waals surface area contributed by atoms with Crippen LogP contribution < -0.4 is 0 Å². The number of fused-ring (bicyclic) bond motifs is 21. The topological polar surface area (TPSA) is 85.9 Å².